The largest absolute Gasteiger partial charge is 0.503 e. The van der Waals surface area contributed by atoms with Gasteiger partial charge in [-0.25, -0.2) is 0 Å². The summed E-state index contributed by atoms with van der Waals surface area (Å²) < 4.78 is 31.9. The van der Waals surface area contributed by atoms with Gasteiger partial charge in [0.05, 0.1) is 12.2 Å². The third-order valence-electron chi connectivity index (χ3n) is 3.12. The Morgan fingerprint density at radius 1 is 0.640 bits per heavy atom. The molecular weight excluding hydrogens is 364 g/mol. The molecule has 10 heteroatoms. The van der Waals surface area contributed by atoms with Crippen LogP contribution in [0.4, 0.5) is 0 Å². The first-order valence-electron chi connectivity index (χ1n) is 8.63. The van der Waals surface area contributed by atoms with E-state index in [-0.39, 0.29) is 0 Å². The van der Waals surface area contributed by atoms with Gasteiger partial charge in [-0.2, -0.15) is 0 Å². The lowest BCUT2D eigenvalue weighted by molar-refractivity contribution is 0.0582. The smallest absolute Gasteiger partial charge is 0.393 e. The van der Waals surface area contributed by atoms with Crippen molar-refractivity contribution in [2.24, 2.45) is 0 Å². The van der Waals surface area contributed by atoms with Gasteiger partial charge < -0.3 is 36.8 Å². The van der Waals surface area contributed by atoms with E-state index in [0.717, 1.165) is 0 Å². The summed E-state index contributed by atoms with van der Waals surface area (Å²) in [6.45, 7) is 10.8. The molecule has 0 aliphatic rings. The van der Waals surface area contributed by atoms with Gasteiger partial charge in [-0.1, -0.05) is 0 Å². The molecular formula is C15H38O8Si2. The van der Waals surface area contributed by atoms with Gasteiger partial charge in [0.1, 0.15) is 0 Å². The van der Waals surface area contributed by atoms with Crippen molar-refractivity contribution in [3.8, 4) is 0 Å². The van der Waals surface area contributed by atoms with E-state index in [9.17, 15) is 5.11 Å². The minimum atomic E-state index is -2.61. The fourth-order valence-electron chi connectivity index (χ4n) is 2.19. The van der Waals surface area contributed by atoms with Crippen LogP contribution >= 0.6 is 0 Å². The maximum atomic E-state index is 9.36. The molecule has 0 aromatic heterocycles. The molecule has 0 aromatic rings. The van der Waals surface area contributed by atoms with E-state index in [1.807, 2.05) is 20.8 Å². The highest BCUT2D eigenvalue weighted by atomic mass is 28.4. The molecule has 0 bridgehead atoms. The predicted molar refractivity (Wildman–Crippen MR) is 100 cm³/mol. The lowest BCUT2D eigenvalue weighted by atomic mass is 10.5. The van der Waals surface area contributed by atoms with Gasteiger partial charge >= 0.3 is 17.6 Å². The quantitative estimate of drug-likeness (QED) is 0.449. The minimum Gasteiger partial charge on any atom is -0.393 e. The second-order valence-corrected chi connectivity index (χ2v) is 11.0. The van der Waals surface area contributed by atoms with E-state index >= 15 is 0 Å². The summed E-state index contributed by atoms with van der Waals surface area (Å²) in [5.74, 6) is 0. The third-order valence-corrected chi connectivity index (χ3v) is 9.35. The van der Waals surface area contributed by atoms with Crippen LogP contribution in [0.5, 0.6) is 0 Å². The van der Waals surface area contributed by atoms with Crippen molar-refractivity contribution in [3.05, 3.63) is 0 Å². The fourth-order valence-corrected chi connectivity index (χ4v) is 6.56. The lowest BCUT2D eigenvalue weighted by Crippen LogP contribution is -2.48. The van der Waals surface area contributed by atoms with Gasteiger partial charge in [-0.3, -0.25) is 0 Å². The van der Waals surface area contributed by atoms with Gasteiger partial charge in [0.15, 0.2) is 0 Å². The lowest BCUT2D eigenvalue weighted by Gasteiger charge is -2.29. The molecule has 2 atom stereocenters. The van der Waals surface area contributed by atoms with Crippen LogP contribution in [0.1, 0.15) is 34.6 Å². The Kier molecular flexibility index (Phi) is 16.6. The van der Waals surface area contributed by atoms with E-state index in [0.29, 0.717) is 31.9 Å². The van der Waals surface area contributed by atoms with E-state index in [1.165, 1.54) is 21.3 Å². The molecule has 0 fully saturated rings. The zero-order valence-electron chi connectivity index (χ0n) is 17.0. The normalized spacial score (nSPS) is 14.6. The molecule has 0 spiro atoms. The van der Waals surface area contributed by atoms with Crippen molar-refractivity contribution >= 4 is 17.6 Å². The van der Waals surface area contributed by atoms with Gasteiger partial charge in [0.25, 0.3) is 0 Å². The van der Waals surface area contributed by atoms with Gasteiger partial charge in [-0.05, 0) is 34.6 Å². The average molecular weight is 403 g/mol. The highest BCUT2D eigenvalue weighted by molar-refractivity contribution is 6.61. The maximum Gasteiger partial charge on any atom is 0.503 e. The molecule has 0 saturated carbocycles. The molecule has 8 nitrogen and oxygen atoms in total. The van der Waals surface area contributed by atoms with Crippen LogP contribution in [0.15, 0.2) is 0 Å². The topological polar surface area (TPSA) is 95.8 Å². The molecule has 25 heavy (non-hydrogen) atoms. The highest BCUT2D eigenvalue weighted by Crippen LogP contribution is 2.18. The predicted octanol–water partition coefficient (Wildman–Crippen LogP) is 1.66. The summed E-state index contributed by atoms with van der Waals surface area (Å²) in [7, 11) is -0.551. The maximum absolute atomic E-state index is 9.36. The van der Waals surface area contributed by atoms with Crippen molar-refractivity contribution in [2.45, 2.75) is 58.9 Å². The summed E-state index contributed by atoms with van der Waals surface area (Å²) in [5.41, 5.74) is 0. The molecule has 0 heterocycles. The van der Waals surface area contributed by atoms with Crippen LogP contribution in [-0.2, 0) is 26.6 Å². The first kappa shape index (κ1) is 27.3. The Labute approximate surface area is 155 Å². The van der Waals surface area contributed by atoms with Crippen LogP contribution in [0.2, 0.25) is 12.1 Å². The zero-order valence-corrected chi connectivity index (χ0v) is 19.0. The summed E-state index contributed by atoms with van der Waals surface area (Å²) in [5, 5.41) is 18.4. The van der Waals surface area contributed by atoms with Crippen LogP contribution in [0.25, 0.3) is 0 Å². The van der Waals surface area contributed by atoms with Crippen molar-refractivity contribution < 1.29 is 36.8 Å². The van der Waals surface area contributed by atoms with Crippen LogP contribution in [-0.4, -0.2) is 81.2 Å². The number of rotatable bonds is 13. The third kappa shape index (κ3) is 12.2. The van der Waals surface area contributed by atoms with Crippen LogP contribution in [0.3, 0.4) is 0 Å². The molecule has 0 rings (SSSR count). The standard InChI is InChI=1S/C9H22O4Si.C6H16O4Si/c1-5-11-14(12-6-2,13-7-3)8-9(4)10;1-6(7)5-11(8-2,9-3)10-4/h9-10H,5-8H2,1-4H3;6-7H,5H2,1-4H3. The Balaban J connectivity index is 0. The van der Waals surface area contributed by atoms with E-state index in [4.69, 9.17) is 31.7 Å². The fraction of sp³-hybridized carbons (Fsp3) is 1.00. The monoisotopic (exact) mass is 402 g/mol. The average Bonchev–Trinajstić information content (AvgIpc) is 2.53. The number of hydrogen-bond acceptors (Lipinski definition) is 8. The molecule has 0 aromatic carbocycles. The van der Waals surface area contributed by atoms with Crippen molar-refractivity contribution in [2.75, 3.05) is 41.2 Å². The second-order valence-electron chi connectivity index (χ2n) is 5.38. The Hall–Kier alpha value is 0.114. The molecule has 154 valence electrons. The first-order chi connectivity index (χ1) is 11.7. The Bertz CT molecular complexity index is 276. The molecule has 2 N–H and O–H groups in total. The Morgan fingerprint density at radius 2 is 0.920 bits per heavy atom. The van der Waals surface area contributed by atoms with E-state index in [2.05, 4.69) is 0 Å². The number of hydrogen-bond donors (Lipinski definition) is 2. The van der Waals surface area contributed by atoms with Crippen molar-refractivity contribution in [1.82, 2.24) is 0 Å². The van der Waals surface area contributed by atoms with Crippen molar-refractivity contribution in [1.29, 1.82) is 0 Å². The van der Waals surface area contributed by atoms with Crippen LogP contribution in [0, 0.1) is 0 Å². The molecule has 0 aliphatic heterocycles. The number of aliphatic hydroxyl groups is 2. The summed E-state index contributed by atoms with van der Waals surface area (Å²) >= 11 is 0. The first-order valence-corrected chi connectivity index (χ1v) is 12.5. The summed E-state index contributed by atoms with van der Waals surface area (Å²) in [6, 6.07) is 0.888. The molecule has 0 aliphatic carbocycles. The number of aliphatic hydroxyl groups excluding tert-OH is 2. The SMILES string of the molecule is CCO[Si](CC(C)O)(OCC)OCC.CO[Si](CC(C)O)(OC)OC. The molecule has 0 saturated heterocycles. The van der Waals surface area contributed by atoms with Crippen molar-refractivity contribution in [3.63, 3.8) is 0 Å². The summed E-state index contributed by atoms with van der Waals surface area (Å²) in [4.78, 5) is 0. The molecule has 0 amide bonds. The molecule has 0 radical (unpaired) electrons. The zero-order chi connectivity index (χ0) is 19.9. The van der Waals surface area contributed by atoms with Crippen LogP contribution < -0.4 is 0 Å². The Morgan fingerprint density at radius 3 is 1.08 bits per heavy atom. The second kappa shape index (κ2) is 15.2. The van der Waals surface area contributed by atoms with Gasteiger partial charge in [0.2, 0.25) is 0 Å². The highest BCUT2D eigenvalue weighted by Gasteiger charge is 2.41. The van der Waals surface area contributed by atoms with E-state index in [1.54, 1.807) is 13.8 Å². The van der Waals surface area contributed by atoms with Gasteiger partial charge in [0, 0.05) is 53.2 Å². The summed E-state index contributed by atoms with van der Waals surface area (Å²) in [6.07, 6.45) is -0.909. The molecule has 2 unspecified atom stereocenters. The van der Waals surface area contributed by atoms with Gasteiger partial charge in [-0.15, -0.1) is 0 Å². The minimum absolute atomic E-state index is 0.427. The van der Waals surface area contributed by atoms with E-state index < -0.39 is 29.8 Å².